The highest BCUT2D eigenvalue weighted by atomic mass is 16.5. The molecule has 0 unspecified atom stereocenters. The fraction of sp³-hybridized carbons (Fsp3) is 0.176. The van der Waals surface area contributed by atoms with Crippen LogP contribution in [0.4, 0.5) is 4.79 Å². The average molecular weight is 283 g/mol. The van der Waals surface area contributed by atoms with Crippen molar-refractivity contribution >= 4 is 11.9 Å². The van der Waals surface area contributed by atoms with Gasteiger partial charge in [-0.15, -0.1) is 0 Å². The quantitative estimate of drug-likeness (QED) is 0.856. The van der Waals surface area contributed by atoms with E-state index < -0.39 is 6.09 Å². The molecule has 0 fully saturated rings. The number of carbonyl (C=O) groups is 2. The number of amides is 1. The Bertz CT molecular complexity index is 606. The van der Waals surface area contributed by atoms with Crippen LogP contribution in [0.3, 0.4) is 0 Å². The van der Waals surface area contributed by atoms with E-state index in [-0.39, 0.29) is 12.4 Å². The molecule has 0 saturated heterocycles. The van der Waals surface area contributed by atoms with Crippen LogP contribution in [0, 0.1) is 0 Å². The average Bonchev–Trinajstić information content (AvgIpc) is 2.52. The molecule has 2 aromatic rings. The number of ketones is 1. The minimum Gasteiger partial charge on any atom is -0.445 e. The summed E-state index contributed by atoms with van der Waals surface area (Å²) in [5.41, 5.74) is 2.51. The molecule has 2 aromatic carbocycles. The summed E-state index contributed by atoms with van der Waals surface area (Å²) in [4.78, 5) is 22.7. The van der Waals surface area contributed by atoms with E-state index in [4.69, 9.17) is 4.74 Å². The van der Waals surface area contributed by atoms with E-state index in [1.54, 1.807) is 12.1 Å². The number of benzene rings is 2. The maximum atomic E-state index is 11.6. The molecule has 21 heavy (non-hydrogen) atoms. The van der Waals surface area contributed by atoms with Gasteiger partial charge in [0.05, 0.1) is 0 Å². The van der Waals surface area contributed by atoms with Gasteiger partial charge in [0.15, 0.2) is 5.78 Å². The van der Waals surface area contributed by atoms with Gasteiger partial charge >= 0.3 is 6.09 Å². The first kappa shape index (κ1) is 14.8. The van der Waals surface area contributed by atoms with Gasteiger partial charge in [-0.1, -0.05) is 54.6 Å². The first-order chi connectivity index (χ1) is 10.1. The molecule has 0 atom stereocenters. The number of nitrogens with one attached hydrogen (secondary N) is 1. The molecule has 1 amide bonds. The Morgan fingerprint density at radius 3 is 2.24 bits per heavy atom. The molecule has 0 aliphatic rings. The number of ether oxygens (including phenoxy) is 1. The summed E-state index contributed by atoms with van der Waals surface area (Å²) in [6.45, 7) is 2.13. The van der Waals surface area contributed by atoms with Gasteiger partial charge in [0.2, 0.25) is 0 Å². The lowest BCUT2D eigenvalue weighted by molar-refractivity contribution is 0.101. The second-order valence-corrected chi connectivity index (χ2v) is 4.67. The summed E-state index contributed by atoms with van der Waals surface area (Å²) in [6, 6.07) is 16.6. The number of alkyl carbamates (subject to hydrolysis) is 1. The normalized spacial score (nSPS) is 9.95. The molecule has 0 saturated carbocycles. The summed E-state index contributed by atoms with van der Waals surface area (Å²) in [5, 5.41) is 2.67. The van der Waals surface area contributed by atoms with Crippen LogP contribution in [0.5, 0.6) is 0 Å². The van der Waals surface area contributed by atoms with Crippen LogP contribution in [-0.2, 0) is 17.9 Å². The van der Waals surface area contributed by atoms with Crippen LogP contribution in [-0.4, -0.2) is 11.9 Å². The largest absolute Gasteiger partial charge is 0.445 e. The predicted molar refractivity (Wildman–Crippen MR) is 79.9 cm³/mol. The summed E-state index contributed by atoms with van der Waals surface area (Å²) in [7, 11) is 0. The van der Waals surface area contributed by atoms with Crippen molar-refractivity contribution in [2.75, 3.05) is 0 Å². The Hall–Kier alpha value is -2.62. The highest BCUT2D eigenvalue weighted by Gasteiger charge is 2.03. The first-order valence-corrected chi connectivity index (χ1v) is 6.69. The third-order valence-corrected chi connectivity index (χ3v) is 3.01. The number of hydrogen-bond acceptors (Lipinski definition) is 3. The summed E-state index contributed by atoms with van der Waals surface area (Å²) < 4.78 is 5.11. The van der Waals surface area contributed by atoms with E-state index in [2.05, 4.69) is 5.32 Å². The Morgan fingerprint density at radius 2 is 1.62 bits per heavy atom. The standard InChI is InChI=1S/C17H17NO3/c1-13(19)16-9-7-14(8-10-16)11-18-17(20)21-12-15-5-3-2-4-6-15/h2-10H,11-12H2,1H3,(H,18,20). The van der Waals surface area contributed by atoms with E-state index in [9.17, 15) is 9.59 Å². The Morgan fingerprint density at radius 1 is 0.952 bits per heavy atom. The second kappa shape index (κ2) is 7.24. The summed E-state index contributed by atoms with van der Waals surface area (Å²) >= 11 is 0. The minimum absolute atomic E-state index is 0.0248. The van der Waals surface area contributed by atoms with Crippen LogP contribution < -0.4 is 5.32 Å². The molecule has 0 spiro atoms. The third kappa shape index (κ3) is 4.76. The number of hydrogen-bond donors (Lipinski definition) is 1. The number of rotatable bonds is 5. The SMILES string of the molecule is CC(=O)c1ccc(CNC(=O)OCc2ccccc2)cc1. The monoisotopic (exact) mass is 283 g/mol. The van der Waals surface area contributed by atoms with Crippen molar-refractivity contribution in [3.05, 3.63) is 71.3 Å². The van der Waals surface area contributed by atoms with Crippen molar-refractivity contribution in [1.29, 1.82) is 0 Å². The number of carbonyl (C=O) groups excluding carboxylic acids is 2. The first-order valence-electron chi connectivity index (χ1n) is 6.69. The highest BCUT2D eigenvalue weighted by molar-refractivity contribution is 5.94. The summed E-state index contributed by atoms with van der Waals surface area (Å²) in [6.07, 6.45) is -0.463. The second-order valence-electron chi connectivity index (χ2n) is 4.67. The van der Waals surface area contributed by atoms with E-state index in [1.165, 1.54) is 6.92 Å². The zero-order chi connectivity index (χ0) is 15.1. The van der Waals surface area contributed by atoms with Crippen LogP contribution >= 0.6 is 0 Å². The fourth-order valence-electron chi connectivity index (χ4n) is 1.81. The van der Waals surface area contributed by atoms with Gasteiger partial charge in [-0.2, -0.15) is 0 Å². The van der Waals surface area contributed by atoms with Crippen LogP contribution in [0.2, 0.25) is 0 Å². The van der Waals surface area contributed by atoms with Crippen molar-refractivity contribution in [2.45, 2.75) is 20.1 Å². The molecular weight excluding hydrogens is 266 g/mol. The molecule has 1 N–H and O–H groups in total. The lowest BCUT2D eigenvalue weighted by atomic mass is 10.1. The van der Waals surface area contributed by atoms with Gasteiger partial charge in [-0.25, -0.2) is 4.79 Å². The maximum Gasteiger partial charge on any atom is 0.407 e. The van der Waals surface area contributed by atoms with Gasteiger partial charge < -0.3 is 10.1 Å². The molecule has 4 nitrogen and oxygen atoms in total. The molecule has 0 aliphatic carbocycles. The van der Waals surface area contributed by atoms with Gasteiger partial charge in [-0.3, -0.25) is 4.79 Å². The van der Waals surface area contributed by atoms with Crippen LogP contribution in [0.25, 0.3) is 0 Å². The summed E-state index contributed by atoms with van der Waals surface area (Å²) in [5.74, 6) is 0.0248. The molecule has 4 heteroatoms. The van der Waals surface area contributed by atoms with E-state index in [1.807, 2.05) is 42.5 Å². The molecule has 2 rings (SSSR count). The highest BCUT2D eigenvalue weighted by Crippen LogP contribution is 2.05. The zero-order valence-electron chi connectivity index (χ0n) is 11.8. The number of Topliss-reactive ketones (excluding diaryl/α,β-unsaturated/α-hetero) is 1. The predicted octanol–water partition coefficient (Wildman–Crippen LogP) is 3.32. The molecule has 0 radical (unpaired) electrons. The molecule has 0 heterocycles. The zero-order valence-corrected chi connectivity index (χ0v) is 11.8. The smallest absolute Gasteiger partial charge is 0.407 e. The molecule has 0 aliphatic heterocycles. The third-order valence-electron chi connectivity index (χ3n) is 3.01. The van der Waals surface area contributed by atoms with E-state index >= 15 is 0 Å². The van der Waals surface area contributed by atoms with Gasteiger partial charge in [0.25, 0.3) is 0 Å². The Kier molecular flexibility index (Phi) is 5.10. The van der Waals surface area contributed by atoms with Crippen LogP contribution in [0.1, 0.15) is 28.4 Å². The van der Waals surface area contributed by atoms with Crippen molar-refractivity contribution in [3.63, 3.8) is 0 Å². The lowest BCUT2D eigenvalue weighted by Gasteiger charge is -2.07. The van der Waals surface area contributed by atoms with Gasteiger partial charge in [-0.05, 0) is 18.1 Å². The Balaban J connectivity index is 1.77. The van der Waals surface area contributed by atoms with Crippen molar-refractivity contribution < 1.29 is 14.3 Å². The van der Waals surface area contributed by atoms with Crippen molar-refractivity contribution in [2.24, 2.45) is 0 Å². The van der Waals surface area contributed by atoms with Crippen molar-refractivity contribution in [1.82, 2.24) is 5.32 Å². The molecule has 0 aromatic heterocycles. The molecule has 108 valence electrons. The topological polar surface area (TPSA) is 55.4 Å². The van der Waals surface area contributed by atoms with Gasteiger partial charge in [0, 0.05) is 12.1 Å². The van der Waals surface area contributed by atoms with Crippen molar-refractivity contribution in [3.8, 4) is 0 Å². The minimum atomic E-state index is -0.463. The molecular formula is C17H17NO3. The van der Waals surface area contributed by atoms with E-state index in [0.717, 1.165) is 11.1 Å². The molecule has 0 bridgehead atoms. The van der Waals surface area contributed by atoms with Crippen LogP contribution in [0.15, 0.2) is 54.6 Å². The Labute approximate surface area is 123 Å². The fourth-order valence-corrected chi connectivity index (χ4v) is 1.81. The maximum absolute atomic E-state index is 11.6. The van der Waals surface area contributed by atoms with E-state index in [0.29, 0.717) is 12.1 Å². The lowest BCUT2D eigenvalue weighted by Crippen LogP contribution is -2.23. The van der Waals surface area contributed by atoms with Gasteiger partial charge in [0.1, 0.15) is 6.61 Å².